The number of ether oxygens (including phenoxy) is 2. The Balaban J connectivity index is 1.71. The second-order valence-electron chi connectivity index (χ2n) is 5.50. The molecular formula is C15H19BrN2O6. The molecule has 0 saturated carbocycles. The van der Waals surface area contributed by atoms with E-state index >= 15 is 0 Å². The van der Waals surface area contributed by atoms with Gasteiger partial charge in [-0.3, -0.25) is 14.4 Å². The van der Waals surface area contributed by atoms with Gasteiger partial charge >= 0.3 is 5.97 Å². The maximum absolute atomic E-state index is 12.0. The number of nitrogens with zero attached hydrogens (tertiary/aromatic N) is 1. The van der Waals surface area contributed by atoms with Crippen LogP contribution in [0.4, 0.5) is 0 Å². The van der Waals surface area contributed by atoms with Gasteiger partial charge in [-0.1, -0.05) is 0 Å². The van der Waals surface area contributed by atoms with Crippen molar-refractivity contribution in [2.24, 2.45) is 0 Å². The Bertz CT molecular complexity index is 607. The molecule has 1 saturated heterocycles. The van der Waals surface area contributed by atoms with Gasteiger partial charge in [0.05, 0.1) is 12.2 Å². The number of rotatable bonds is 5. The monoisotopic (exact) mass is 402 g/mol. The van der Waals surface area contributed by atoms with Gasteiger partial charge in [0.1, 0.15) is 6.54 Å². The predicted octanol–water partition coefficient (Wildman–Crippen LogP) is 0.951. The first kappa shape index (κ1) is 18.5. The number of nitrogens with one attached hydrogen (secondary N) is 1. The van der Waals surface area contributed by atoms with E-state index in [1.807, 2.05) is 13.8 Å². The van der Waals surface area contributed by atoms with Gasteiger partial charge in [-0.25, -0.2) is 0 Å². The molecule has 1 N–H and O–H groups in total. The first-order valence-electron chi connectivity index (χ1n) is 7.47. The predicted molar refractivity (Wildman–Crippen MR) is 86.3 cm³/mol. The van der Waals surface area contributed by atoms with E-state index in [4.69, 9.17) is 13.9 Å². The van der Waals surface area contributed by atoms with E-state index in [9.17, 15) is 14.4 Å². The number of hydrogen-bond acceptors (Lipinski definition) is 6. The van der Waals surface area contributed by atoms with Crippen LogP contribution in [0.5, 0.6) is 0 Å². The summed E-state index contributed by atoms with van der Waals surface area (Å²) < 4.78 is 15.9. The summed E-state index contributed by atoms with van der Waals surface area (Å²) >= 11 is 3.08. The highest BCUT2D eigenvalue weighted by Gasteiger charge is 2.26. The van der Waals surface area contributed by atoms with E-state index in [1.165, 1.54) is 6.07 Å². The van der Waals surface area contributed by atoms with Gasteiger partial charge in [0.2, 0.25) is 0 Å². The van der Waals surface area contributed by atoms with Gasteiger partial charge in [0, 0.05) is 13.1 Å². The molecule has 0 spiro atoms. The molecule has 1 fully saturated rings. The molecule has 2 heterocycles. The SMILES string of the molecule is C[C@@H]1CN(C(=O)COC(=O)CNC(=O)c2ccc(Br)o2)C[C@@H](C)O1. The van der Waals surface area contributed by atoms with Crippen LogP contribution in [0.1, 0.15) is 24.4 Å². The number of furan rings is 1. The molecule has 2 rings (SSSR count). The van der Waals surface area contributed by atoms with Crippen molar-refractivity contribution in [2.75, 3.05) is 26.2 Å². The Morgan fingerprint density at radius 3 is 2.54 bits per heavy atom. The Morgan fingerprint density at radius 2 is 1.96 bits per heavy atom. The van der Waals surface area contributed by atoms with Crippen LogP contribution in [0.3, 0.4) is 0 Å². The van der Waals surface area contributed by atoms with Crippen molar-refractivity contribution in [3.63, 3.8) is 0 Å². The lowest BCUT2D eigenvalue weighted by molar-refractivity contribution is -0.156. The van der Waals surface area contributed by atoms with Crippen molar-refractivity contribution in [1.82, 2.24) is 10.2 Å². The van der Waals surface area contributed by atoms with Gasteiger partial charge in [-0.2, -0.15) is 0 Å². The average Bonchev–Trinajstić information content (AvgIpc) is 2.95. The summed E-state index contributed by atoms with van der Waals surface area (Å²) in [5.74, 6) is -1.45. The minimum absolute atomic E-state index is 0.0553. The lowest BCUT2D eigenvalue weighted by Gasteiger charge is -2.35. The number of carbonyl (C=O) groups excluding carboxylic acids is 3. The third-order valence-electron chi connectivity index (χ3n) is 3.32. The molecule has 0 bridgehead atoms. The summed E-state index contributed by atoms with van der Waals surface area (Å²) in [5.41, 5.74) is 0. The van der Waals surface area contributed by atoms with Crippen molar-refractivity contribution >= 4 is 33.7 Å². The fourth-order valence-electron chi connectivity index (χ4n) is 2.34. The normalized spacial score (nSPS) is 20.5. The summed E-state index contributed by atoms with van der Waals surface area (Å²) in [6.07, 6.45) is -0.111. The Morgan fingerprint density at radius 1 is 1.29 bits per heavy atom. The van der Waals surface area contributed by atoms with Gasteiger partial charge in [-0.05, 0) is 41.9 Å². The molecule has 132 valence electrons. The van der Waals surface area contributed by atoms with Gasteiger partial charge in [0.25, 0.3) is 11.8 Å². The number of carbonyl (C=O) groups is 3. The number of morpholine rings is 1. The molecule has 2 atom stereocenters. The van der Waals surface area contributed by atoms with Crippen LogP contribution < -0.4 is 5.32 Å². The summed E-state index contributed by atoms with van der Waals surface area (Å²) in [4.78, 5) is 37.0. The van der Waals surface area contributed by atoms with E-state index in [2.05, 4.69) is 21.2 Å². The molecule has 0 aromatic carbocycles. The highest BCUT2D eigenvalue weighted by molar-refractivity contribution is 9.10. The lowest BCUT2D eigenvalue weighted by Crippen LogP contribution is -2.49. The minimum Gasteiger partial charge on any atom is -0.454 e. The molecule has 1 aromatic heterocycles. The van der Waals surface area contributed by atoms with Crippen LogP contribution in [0.2, 0.25) is 0 Å². The number of amides is 2. The first-order chi connectivity index (χ1) is 11.3. The van der Waals surface area contributed by atoms with Crippen LogP contribution in [-0.4, -0.2) is 61.1 Å². The zero-order valence-corrected chi connectivity index (χ0v) is 15.0. The van der Waals surface area contributed by atoms with Crippen LogP contribution in [0, 0.1) is 0 Å². The second-order valence-corrected chi connectivity index (χ2v) is 6.28. The molecule has 1 aliphatic heterocycles. The highest BCUT2D eigenvalue weighted by atomic mass is 79.9. The number of esters is 1. The van der Waals surface area contributed by atoms with Crippen molar-refractivity contribution in [2.45, 2.75) is 26.1 Å². The smallest absolute Gasteiger partial charge is 0.325 e. The summed E-state index contributed by atoms with van der Waals surface area (Å²) in [5, 5.41) is 2.36. The third kappa shape index (κ3) is 5.34. The van der Waals surface area contributed by atoms with E-state index in [0.29, 0.717) is 17.8 Å². The lowest BCUT2D eigenvalue weighted by atomic mass is 10.2. The maximum atomic E-state index is 12.0. The van der Waals surface area contributed by atoms with Gasteiger partial charge in [0.15, 0.2) is 17.0 Å². The molecular weight excluding hydrogens is 384 g/mol. The molecule has 0 radical (unpaired) electrons. The van der Waals surface area contributed by atoms with Crippen LogP contribution in [0.25, 0.3) is 0 Å². The van der Waals surface area contributed by atoms with Crippen molar-refractivity contribution in [3.05, 3.63) is 22.6 Å². The van der Waals surface area contributed by atoms with E-state index in [0.717, 1.165) is 0 Å². The van der Waals surface area contributed by atoms with E-state index < -0.39 is 11.9 Å². The quantitative estimate of drug-likeness (QED) is 0.736. The van der Waals surface area contributed by atoms with Crippen molar-refractivity contribution < 1.29 is 28.3 Å². The van der Waals surface area contributed by atoms with Gasteiger partial charge < -0.3 is 24.1 Å². The van der Waals surface area contributed by atoms with Crippen LogP contribution >= 0.6 is 15.9 Å². The van der Waals surface area contributed by atoms with Crippen molar-refractivity contribution in [1.29, 1.82) is 0 Å². The zero-order chi connectivity index (χ0) is 17.7. The molecule has 9 heteroatoms. The molecule has 8 nitrogen and oxygen atoms in total. The maximum Gasteiger partial charge on any atom is 0.325 e. The van der Waals surface area contributed by atoms with Crippen LogP contribution in [0.15, 0.2) is 21.2 Å². The molecule has 1 aromatic rings. The Kier molecular flexibility index (Phi) is 6.38. The molecule has 1 aliphatic rings. The first-order valence-corrected chi connectivity index (χ1v) is 8.27. The molecule has 0 unspecified atom stereocenters. The fourth-order valence-corrected chi connectivity index (χ4v) is 2.65. The zero-order valence-electron chi connectivity index (χ0n) is 13.4. The molecule has 2 amide bonds. The van der Waals surface area contributed by atoms with Crippen molar-refractivity contribution in [3.8, 4) is 0 Å². The van der Waals surface area contributed by atoms with Gasteiger partial charge in [-0.15, -0.1) is 0 Å². The summed E-state index contributed by atoms with van der Waals surface area (Å²) in [6, 6.07) is 3.03. The van der Waals surface area contributed by atoms with E-state index in [-0.39, 0.29) is 37.0 Å². The highest BCUT2D eigenvalue weighted by Crippen LogP contribution is 2.13. The molecule has 0 aliphatic carbocycles. The standard InChI is InChI=1S/C15H19BrN2O6/c1-9-6-18(7-10(2)23-9)13(19)8-22-14(20)5-17-15(21)11-3-4-12(16)24-11/h3-4,9-10H,5-8H2,1-2H3,(H,17,21)/t9-,10-/m1/s1. The summed E-state index contributed by atoms with van der Waals surface area (Å²) in [6.45, 7) is 3.98. The topological polar surface area (TPSA) is 98.1 Å². The average molecular weight is 403 g/mol. The summed E-state index contributed by atoms with van der Waals surface area (Å²) in [7, 11) is 0. The minimum atomic E-state index is -0.698. The molecule has 24 heavy (non-hydrogen) atoms. The largest absolute Gasteiger partial charge is 0.454 e. The second kappa shape index (κ2) is 8.29. The fraction of sp³-hybridized carbons (Fsp3) is 0.533. The Hall–Kier alpha value is -1.87. The number of halogens is 1. The van der Waals surface area contributed by atoms with E-state index in [1.54, 1.807) is 11.0 Å². The van der Waals surface area contributed by atoms with Crippen LogP contribution in [-0.2, 0) is 19.1 Å². The number of hydrogen-bond donors (Lipinski definition) is 1. The third-order valence-corrected chi connectivity index (χ3v) is 3.75. The Labute approximate surface area is 147 Å².